The lowest BCUT2D eigenvalue weighted by atomic mass is 9.58. The maximum absolute atomic E-state index is 14.2. The first kappa shape index (κ1) is 44.9. The third-order valence-corrected chi connectivity index (χ3v) is 12.2. The van der Waals surface area contributed by atoms with Crippen LogP contribution in [0.3, 0.4) is 0 Å². The minimum atomic E-state index is -1.32. The average Bonchev–Trinajstić information content (AvgIpc) is 3.14. The lowest BCUT2D eigenvalue weighted by molar-refractivity contribution is -0.157. The number of hydrogen-bond acceptors (Lipinski definition) is 10. The molecule has 0 aromatic heterocycles. The van der Waals surface area contributed by atoms with Crippen molar-refractivity contribution in [2.45, 2.75) is 141 Å². The Morgan fingerprint density at radius 2 is 1.59 bits per heavy atom. The summed E-state index contributed by atoms with van der Waals surface area (Å²) in [6.45, 7) is 8.23. The zero-order valence-electron chi connectivity index (χ0n) is 34.2. The molecule has 8 N–H and O–H groups in total. The fourth-order valence-electron chi connectivity index (χ4n) is 8.57. The van der Waals surface area contributed by atoms with E-state index in [4.69, 9.17) is 10.5 Å². The molecule has 2 saturated heterocycles. The number of rotatable bonds is 12. The molecule has 2 heterocycles. The summed E-state index contributed by atoms with van der Waals surface area (Å²) in [6.07, 6.45) is 8.98. The summed E-state index contributed by atoms with van der Waals surface area (Å²) in [4.78, 5) is 97.5. The van der Waals surface area contributed by atoms with E-state index in [1.807, 2.05) is 13.8 Å². The fourth-order valence-corrected chi connectivity index (χ4v) is 8.57. The van der Waals surface area contributed by atoms with E-state index in [9.17, 15) is 33.6 Å². The molecule has 2 saturated carbocycles. The van der Waals surface area contributed by atoms with Crippen molar-refractivity contribution in [1.82, 2.24) is 36.8 Å². The van der Waals surface area contributed by atoms with Crippen molar-refractivity contribution in [1.29, 1.82) is 0 Å². The molecule has 0 bridgehead atoms. The van der Waals surface area contributed by atoms with Gasteiger partial charge in [-0.25, -0.2) is 0 Å². The number of amides is 6. The number of unbranched alkanes of at least 4 members (excludes halogenated alkanes) is 3. The smallest absolute Gasteiger partial charge is 0.325 e. The van der Waals surface area contributed by atoms with Crippen LogP contribution in [0.25, 0.3) is 0 Å². The van der Waals surface area contributed by atoms with Gasteiger partial charge in [0.2, 0.25) is 35.4 Å². The monoisotopic (exact) mass is 789 g/mol. The molecule has 4 aliphatic rings. The largest absolute Gasteiger partial charge is 0.460 e. The van der Waals surface area contributed by atoms with Crippen LogP contribution in [0.5, 0.6) is 0 Å². The summed E-state index contributed by atoms with van der Waals surface area (Å²) in [5, 5.41) is 16.9. The number of carbonyl (C=O) groups is 7. The van der Waals surface area contributed by atoms with Crippen LogP contribution in [-0.2, 0) is 38.3 Å². The second kappa shape index (κ2) is 21.1. The van der Waals surface area contributed by atoms with E-state index < -0.39 is 72.3 Å². The fraction of sp³-hybridized carbons (Fsp3) is 0.825. The Morgan fingerprint density at radius 3 is 2.20 bits per heavy atom. The van der Waals surface area contributed by atoms with E-state index in [0.717, 1.165) is 64.5 Å². The second-order valence-corrected chi connectivity index (χ2v) is 17.2. The molecule has 0 unspecified atom stereocenters. The third kappa shape index (κ3) is 12.1. The lowest BCUT2D eigenvalue weighted by Gasteiger charge is -2.53. The van der Waals surface area contributed by atoms with Crippen molar-refractivity contribution in [3.05, 3.63) is 0 Å². The Hall–Kier alpha value is -3.79. The van der Waals surface area contributed by atoms with Crippen LogP contribution >= 0.6 is 0 Å². The Bertz CT molecular complexity index is 1390. The number of nitrogens with one attached hydrogen (secondary N) is 6. The molecule has 316 valence electrons. The Labute approximate surface area is 332 Å². The molecule has 0 aromatic rings. The minimum absolute atomic E-state index is 0.0135. The average molecular weight is 789 g/mol. The molecule has 16 nitrogen and oxygen atoms in total. The van der Waals surface area contributed by atoms with E-state index in [2.05, 4.69) is 38.8 Å². The number of ether oxygens (including phenoxy) is 1. The van der Waals surface area contributed by atoms with Gasteiger partial charge in [-0.05, 0) is 62.2 Å². The van der Waals surface area contributed by atoms with Crippen molar-refractivity contribution in [2.24, 2.45) is 34.8 Å². The van der Waals surface area contributed by atoms with Crippen LogP contribution in [0.2, 0.25) is 0 Å². The summed E-state index contributed by atoms with van der Waals surface area (Å²) in [6, 6.07) is -4.55. The van der Waals surface area contributed by atoms with E-state index in [1.165, 1.54) is 4.90 Å². The number of esters is 1. The van der Waals surface area contributed by atoms with Crippen molar-refractivity contribution < 1.29 is 38.3 Å². The van der Waals surface area contributed by atoms with Crippen LogP contribution in [0.1, 0.15) is 111 Å². The summed E-state index contributed by atoms with van der Waals surface area (Å²) in [5.41, 5.74) is 6.17. The highest BCUT2D eigenvalue weighted by Crippen LogP contribution is 2.48. The SMILES string of the molecule is CCCCCC[C@@H]1OC(=O)CNC(=O)[C@H](CNC(=O)C2CC3(CNC3)C2)NC(=O)[C@H](CN)NC(=O)[C@H](C2CCCCC2)NC(=O)[C@H](CC(C)C)N(C)C(=O)[C@@H]1C. The molecule has 4 rings (SSSR count). The van der Waals surface area contributed by atoms with Gasteiger partial charge in [-0.3, -0.25) is 33.6 Å². The van der Waals surface area contributed by atoms with Gasteiger partial charge in [0.1, 0.15) is 36.8 Å². The van der Waals surface area contributed by atoms with Crippen molar-refractivity contribution >= 4 is 41.4 Å². The molecular formula is C40H68N8O8. The molecular weight excluding hydrogens is 720 g/mol. The summed E-state index contributed by atoms with van der Waals surface area (Å²) >= 11 is 0. The standard InChI is InChI=1S/C40H68N8O8/c1-6-7-8-12-15-31-25(4)39(55)48(5)30(16-24(2)3)37(53)47-33(26-13-10-9-11-14-26)38(54)45-28(19-41)36(52)46-29(35(51)44-21-32(49)56-31)20-43-34(50)27-17-40(18-27)22-42-23-40/h24-31,33,42H,6-23,41H2,1-5H3,(H,43,50)(H,44,51)(H,45,54)(H,46,52)(H,47,53)/t25-,28+,29+,30+,31+,33+/m1/s1. The van der Waals surface area contributed by atoms with Crippen molar-refractivity contribution in [3.63, 3.8) is 0 Å². The van der Waals surface area contributed by atoms with Crippen LogP contribution in [-0.4, -0.2) is 116 Å². The molecule has 2 aliphatic heterocycles. The van der Waals surface area contributed by atoms with Gasteiger partial charge in [0.25, 0.3) is 0 Å². The Morgan fingerprint density at radius 1 is 0.911 bits per heavy atom. The number of likely N-dealkylation sites (N-methyl/N-ethyl adjacent to an activating group) is 1. The molecule has 16 heteroatoms. The quantitative estimate of drug-likeness (QED) is 0.108. The maximum Gasteiger partial charge on any atom is 0.325 e. The minimum Gasteiger partial charge on any atom is -0.460 e. The number of nitrogens with two attached hydrogens (primary N) is 1. The topological polar surface area (TPSA) is 230 Å². The predicted octanol–water partition coefficient (Wildman–Crippen LogP) is 0.617. The molecule has 0 aromatic carbocycles. The van der Waals surface area contributed by atoms with E-state index in [-0.39, 0.29) is 48.1 Å². The van der Waals surface area contributed by atoms with E-state index in [1.54, 1.807) is 14.0 Å². The zero-order chi connectivity index (χ0) is 41.0. The molecule has 6 amide bonds. The number of cyclic esters (lactones) is 1. The second-order valence-electron chi connectivity index (χ2n) is 17.2. The molecule has 6 atom stereocenters. The van der Waals surface area contributed by atoms with Gasteiger partial charge >= 0.3 is 5.97 Å². The van der Waals surface area contributed by atoms with Gasteiger partial charge in [-0.2, -0.15) is 0 Å². The van der Waals surface area contributed by atoms with Crippen molar-refractivity contribution in [3.8, 4) is 0 Å². The van der Waals surface area contributed by atoms with Gasteiger partial charge < -0.3 is 47.3 Å². The highest BCUT2D eigenvalue weighted by Gasteiger charge is 2.51. The van der Waals surface area contributed by atoms with E-state index in [0.29, 0.717) is 32.1 Å². The van der Waals surface area contributed by atoms with Gasteiger partial charge in [-0.15, -0.1) is 0 Å². The van der Waals surface area contributed by atoms with Crippen LogP contribution < -0.4 is 37.6 Å². The Kier molecular flexibility index (Phi) is 16.9. The van der Waals surface area contributed by atoms with Crippen molar-refractivity contribution in [2.75, 3.05) is 39.8 Å². The number of hydrogen-bond donors (Lipinski definition) is 7. The van der Waals surface area contributed by atoms with Crippen LogP contribution in [0.15, 0.2) is 0 Å². The molecule has 0 radical (unpaired) electrons. The van der Waals surface area contributed by atoms with Crippen LogP contribution in [0.4, 0.5) is 0 Å². The lowest BCUT2D eigenvalue weighted by Crippen LogP contribution is -2.63. The maximum atomic E-state index is 14.2. The van der Waals surface area contributed by atoms with E-state index >= 15 is 0 Å². The molecule has 4 fully saturated rings. The highest BCUT2D eigenvalue weighted by atomic mass is 16.5. The highest BCUT2D eigenvalue weighted by molar-refractivity contribution is 5.96. The number of carbonyl (C=O) groups excluding carboxylic acids is 7. The first-order valence-electron chi connectivity index (χ1n) is 21.0. The zero-order valence-corrected chi connectivity index (χ0v) is 34.2. The number of nitrogens with zero attached hydrogens (tertiary/aromatic N) is 1. The summed E-state index contributed by atoms with van der Waals surface area (Å²) in [5.74, 6) is -5.25. The Balaban J connectivity index is 1.63. The first-order valence-corrected chi connectivity index (χ1v) is 21.0. The van der Waals surface area contributed by atoms with Gasteiger partial charge in [0, 0.05) is 39.1 Å². The molecule has 56 heavy (non-hydrogen) atoms. The summed E-state index contributed by atoms with van der Waals surface area (Å²) < 4.78 is 5.87. The first-order chi connectivity index (χ1) is 26.7. The predicted molar refractivity (Wildman–Crippen MR) is 209 cm³/mol. The van der Waals surface area contributed by atoms with Gasteiger partial charge in [-0.1, -0.05) is 66.2 Å². The molecule has 1 spiro atoms. The van der Waals surface area contributed by atoms with Gasteiger partial charge in [0.15, 0.2) is 0 Å². The third-order valence-electron chi connectivity index (χ3n) is 12.2. The van der Waals surface area contributed by atoms with Gasteiger partial charge in [0.05, 0.1) is 5.92 Å². The van der Waals surface area contributed by atoms with Crippen LogP contribution in [0, 0.1) is 29.1 Å². The summed E-state index contributed by atoms with van der Waals surface area (Å²) in [7, 11) is 1.56. The molecule has 2 aliphatic carbocycles. The normalized spacial score (nSPS) is 29.1.